The van der Waals surface area contributed by atoms with Crippen LogP contribution >= 0.6 is 0 Å². The zero-order valence-corrected chi connectivity index (χ0v) is 19.4. The molecule has 3 rings (SSSR count). The summed E-state index contributed by atoms with van der Waals surface area (Å²) in [6.45, 7) is 13.0. The van der Waals surface area contributed by atoms with E-state index in [1.807, 2.05) is 13.8 Å². The summed E-state index contributed by atoms with van der Waals surface area (Å²) in [5.74, 6) is 1.11. The second kappa shape index (κ2) is 9.28. The van der Waals surface area contributed by atoms with Crippen LogP contribution in [0.4, 0.5) is 0 Å². The van der Waals surface area contributed by atoms with E-state index in [-0.39, 0.29) is 11.5 Å². The van der Waals surface area contributed by atoms with Crippen LogP contribution in [0.5, 0.6) is 0 Å². The minimum Gasteiger partial charge on any atom is -0.393 e. The zero-order chi connectivity index (χ0) is 22.1. The van der Waals surface area contributed by atoms with E-state index in [0.29, 0.717) is 37.7 Å². The van der Waals surface area contributed by atoms with E-state index >= 15 is 0 Å². The molecule has 0 aromatic rings. The molecule has 0 aromatic carbocycles. The van der Waals surface area contributed by atoms with E-state index < -0.39 is 17.8 Å². The number of aliphatic hydroxyl groups is 3. The van der Waals surface area contributed by atoms with Crippen LogP contribution < -0.4 is 0 Å². The molecule has 6 atom stereocenters. The average molecular weight is 419 g/mol. The minimum atomic E-state index is -0.680. The molecule has 0 aliphatic heterocycles. The SMILES string of the molecule is C=C1/C(=C\C=C2/CCC[C@@]3(C)C2CC[C@@H]3C(C)OCCC(C)(C)O)C[C@@H](O)C[C@@H]1O. The number of aliphatic hydroxyl groups excluding tert-OH is 2. The predicted octanol–water partition coefficient (Wildman–Crippen LogP) is 4.69. The van der Waals surface area contributed by atoms with E-state index in [0.717, 1.165) is 17.6 Å². The highest BCUT2D eigenvalue weighted by atomic mass is 16.5. The summed E-state index contributed by atoms with van der Waals surface area (Å²) in [5, 5.41) is 30.1. The predicted molar refractivity (Wildman–Crippen MR) is 121 cm³/mol. The molecule has 3 N–H and O–H groups in total. The maximum atomic E-state index is 10.1. The van der Waals surface area contributed by atoms with Crippen molar-refractivity contribution in [2.75, 3.05) is 6.61 Å². The molecule has 0 radical (unpaired) electrons. The van der Waals surface area contributed by atoms with Gasteiger partial charge in [-0.15, -0.1) is 0 Å². The highest BCUT2D eigenvalue weighted by molar-refractivity contribution is 5.38. The van der Waals surface area contributed by atoms with Gasteiger partial charge < -0.3 is 20.1 Å². The number of ether oxygens (including phenoxy) is 1. The highest BCUT2D eigenvalue weighted by Gasteiger charge is 2.51. The lowest BCUT2D eigenvalue weighted by molar-refractivity contribution is -0.0454. The Bertz CT molecular complexity index is 686. The minimum absolute atomic E-state index is 0.198. The summed E-state index contributed by atoms with van der Waals surface area (Å²) in [4.78, 5) is 0. The van der Waals surface area contributed by atoms with Gasteiger partial charge in [0.15, 0.2) is 0 Å². The van der Waals surface area contributed by atoms with E-state index in [2.05, 4.69) is 32.6 Å². The Labute approximate surface area is 182 Å². The van der Waals surface area contributed by atoms with E-state index in [1.165, 1.54) is 31.3 Å². The van der Waals surface area contributed by atoms with Crippen molar-refractivity contribution in [1.82, 2.24) is 0 Å². The van der Waals surface area contributed by atoms with Crippen LogP contribution in [0.3, 0.4) is 0 Å². The molecule has 2 unspecified atom stereocenters. The number of hydrogen-bond acceptors (Lipinski definition) is 4. The van der Waals surface area contributed by atoms with Crippen molar-refractivity contribution in [3.05, 3.63) is 35.5 Å². The Morgan fingerprint density at radius 3 is 2.70 bits per heavy atom. The smallest absolute Gasteiger partial charge is 0.0811 e. The Kier molecular flexibility index (Phi) is 7.33. The van der Waals surface area contributed by atoms with Crippen molar-refractivity contribution in [3.63, 3.8) is 0 Å². The van der Waals surface area contributed by atoms with Gasteiger partial charge in [0, 0.05) is 13.0 Å². The maximum absolute atomic E-state index is 10.1. The van der Waals surface area contributed by atoms with Gasteiger partial charge in [-0.2, -0.15) is 0 Å². The molecule has 0 amide bonds. The molecule has 170 valence electrons. The lowest BCUT2D eigenvalue weighted by atomic mass is 9.62. The van der Waals surface area contributed by atoms with Crippen molar-refractivity contribution in [2.45, 2.75) is 103 Å². The second-order valence-electron chi connectivity index (χ2n) is 10.8. The summed E-state index contributed by atoms with van der Waals surface area (Å²) < 4.78 is 6.19. The molecule has 3 fully saturated rings. The Morgan fingerprint density at radius 1 is 1.27 bits per heavy atom. The van der Waals surface area contributed by atoms with Crippen LogP contribution in [-0.4, -0.2) is 45.8 Å². The summed E-state index contributed by atoms with van der Waals surface area (Å²) in [7, 11) is 0. The van der Waals surface area contributed by atoms with Gasteiger partial charge in [0.1, 0.15) is 0 Å². The second-order valence-corrected chi connectivity index (χ2v) is 10.8. The zero-order valence-electron chi connectivity index (χ0n) is 19.4. The first-order chi connectivity index (χ1) is 14.0. The maximum Gasteiger partial charge on any atom is 0.0811 e. The normalized spacial score (nSPS) is 38.8. The van der Waals surface area contributed by atoms with Crippen molar-refractivity contribution in [3.8, 4) is 0 Å². The summed E-state index contributed by atoms with van der Waals surface area (Å²) in [6.07, 6.45) is 11.0. The molecule has 3 saturated carbocycles. The molecular weight excluding hydrogens is 376 g/mol. The third-order valence-electron chi connectivity index (χ3n) is 7.96. The Balaban J connectivity index is 1.70. The number of fused-ring (bicyclic) bond motifs is 1. The van der Waals surface area contributed by atoms with E-state index in [9.17, 15) is 15.3 Å². The van der Waals surface area contributed by atoms with Gasteiger partial charge >= 0.3 is 0 Å². The molecule has 4 nitrogen and oxygen atoms in total. The fraction of sp³-hybridized carbons (Fsp3) is 0.769. The van der Waals surface area contributed by atoms with Crippen molar-refractivity contribution in [2.24, 2.45) is 17.3 Å². The highest BCUT2D eigenvalue weighted by Crippen LogP contribution is 2.58. The van der Waals surface area contributed by atoms with Gasteiger partial charge in [-0.25, -0.2) is 0 Å². The van der Waals surface area contributed by atoms with E-state index in [1.54, 1.807) is 0 Å². The van der Waals surface area contributed by atoms with Crippen LogP contribution in [0.25, 0.3) is 0 Å². The molecular formula is C26H42O4. The quantitative estimate of drug-likeness (QED) is 0.585. The van der Waals surface area contributed by atoms with Crippen molar-refractivity contribution in [1.29, 1.82) is 0 Å². The van der Waals surface area contributed by atoms with E-state index in [4.69, 9.17) is 4.74 Å². The molecule has 0 bridgehead atoms. The summed E-state index contributed by atoms with van der Waals surface area (Å²) in [5.41, 5.74) is 2.82. The van der Waals surface area contributed by atoms with Crippen LogP contribution in [0.1, 0.15) is 79.1 Å². The van der Waals surface area contributed by atoms with Gasteiger partial charge in [0.25, 0.3) is 0 Å². The first kappa shape index (κ1) is 23.7. The molecule has 0 heterocycles. The van der Waals surface area contributed by atoms with Crippen molar-refractivity contribution < 1.29 is 20.1 Å². The third-order valence-corrected chi connectivity index (χ3v) is 7.96. The molecule has 3 aliphatic carbocycles. The molecule has 4 heteroatoms. The molecule has 0 saturated heterocycles. The molecule has 0 spiro atoms. The third kappa shape index (κ3) is 5.27. The molecule has 0 aromatic heterocycles. The number of rotatable bonds is 6. The number of hydrogen-bond donors (Lipinski definition) is 3. The Morgan fingerprint density at radius 2 is 2.00 bits per heavy atom. The lowest BCUT2D eigenvalue weighted by Gasteiger charge is -2.44. The van der Waals surface area contributed by atoms with Gasteiger partial charge in [0.05, 0.1) is 23.9 Å². The van der Waals surface area contributed by atoms with Crippen LogP contribution in [0, 0.1) is 17.3 Å². The topological polar surface area (TPSA) is 69.9 Å². The van der Waals surface area contributed by atoms with Gasteiger partial charge in [-0.05, 0) is 94.1 Å². The van der Waals surface area contributed by atoms with Crippen LogP contribution in [0.15, 0.2) is 35.5 Å². The molecule has 3 aliphatic rings. The largest absolute Gasteiger partial charge is 0.393 e. The van der Waals surface area contributed by atoms with Crippen LogP contribution in [0.2, 0.25) is 0 Å². The van der Waals surface area contributed by atoms with Gasteiger partial charge in [-0.1, -0.05) is 31.2 Å². The lowest BCUT2D eigenvalue weighted by Crippen LogP contribution is -2.39. The fourth-order valence-electron chi connectivity index (χ4n) is 6.13. The average Bonchev–Trinajstić information content (AvgIpc) is 3.00. The van der Waals surface area contributed by atoms with Gasteiger partial charge in [0.2, 0.25) is 0 Å². The first-order valence-electron chi connectivity index (χ1n) is 11.8. The monoisotopic (exact) mass is 418 g/mol. The van der Waals surface area contributed by atoms with Gasteiger partial charge in [-0.3, -0.25) is 0 Å². The van der Waals surface area contributed by atoms with Crippen molar-refractivity contribution >= 4 is 0 Å². The van der Waals surface area contributed by atoms with Crippen LogP contribution in [-0.2, 0) is 4.74 Å². The standard InChI is InChI=1S/C26H42O4/c1-17-20(15-21(27)16-24(17)28)9-8-19-7-6-12-26(5)22(10-11-23(19)26)18(2)30-14-13-25(3,4)29/h8-9,18,21-24,27-29H,1,6-7,10-16H2,2-5H3/b19-8+,20-9-/t18?,21-,22-,23?,24+,26-/m1/s1. The summed E-state index contributed by atoms with van der Waals surface area (Å²) in [6, 6.07) is 0. The summed E-state index contributed by atoms with van der Waals surface area (Å²) >= 11 is 0. The fourth-order valence-corrected chi connectivity index (χ4v) is 6.13. The number of allylic oxidation sites excluding steroid dienone is 3. The molecule has 30 heavy (non-hydrogen) atoms. The Hall–Kier alpha value is -0.940. The first-order valence-corrected chi connectivity index (χ1v) is 11.8.